The van der Waals surface area contributed by atoms with Gasteiger partial charge in [-0.25, -0.2) is 19.3 Å². The number of anilines is 2. The Morgan fingerprint density at radius 2 is 1.76 bits per heavy atom. The van der Waals surface area contributed by atoms with Gasteiger partial charge in [0, 0.05) is 66.3 Å². The lowest BCUT2D eigenvalue weighted by atomic mass is 10.0. The Morgan fingerprint density at radius 1 is 0.927 bits per heavy atom. The minimum absolute atomic E-state index is 0.290. The molecule has 0 saturated carbocycles. The van der Waals surface area contributed by atoms with E-state index in [0.29, 0.717) is 46.1 Å². The number of benzene rings is 1. The van der Waals surface area contributed by atoms with Crippen LogP contribution in [0.1, 0.15) is 13.8 Å². The first-order valence-corrected chi connectivity index (χ1v) is 13.4. The molecule has 6 aromatic rings. The molecule has 4 N–H and O–H groups in total. The summed E-state index contributed by atoms with van der Waals surface area (Å²) in [5.74, 6) is 0.217. The van der Waals surface area contributed by atoms with Crippen molar-refractivity contribution < 1.29 is 4.39 Å². The molecule has 41 heavy (non-hydrogen) atoms. The molecule has 1 aromatic carbocycles. The highest BCUT2D eigenvalue weighted by Gasteiger charge is 2.18. The molecule has 0 fully saturated rings. The molecule has 0 radical (unpaired) electrons. The molecule has 208 valence electrons. The predicted octanol–water partition coefficient (Wildman–Crippen LogP) is 5.56. The van der Waals surface area contributed by atoms with Crippen molar-refractivity contribution in [3.63, 3.8) is 0 Å². The van der Waals surface area contributed by atoms with Gasteiger partial charge in [0.1, 0.15) is 17.0 Å². The van der Waals surface area contributed by atoms with E-state index >= 15 is 0 Å². The summed E-state index contributed by atoms with van der Waals surface area (Å²) in [5, 5.41) is 15.0. The fourth-order valence-electron chi connectivity index (χ4n) is 4.78. The van der Waals surface area contributed by atoms with Gasteiger partial charge in [0.25, 0.3) is 0 Å². The van der Waals surface area contributed by atoms with Gasteiger partial charge in [0.2, 0.25) is 0 Å². The van der Waals surface area contributed by atoms with Crippen molar-refractivity contribution in [1.82, 2.24) is 40.0 Å². The minimum atomic E-state index is -0.324. The molecule has 0 aliphatic heterocycles. The van der Waals surface area contributed by atoms with Gasteiger partial charge >= 0.3 is 0 Å². The van der Waals surface area contributed by atoms with E-state index in [1.807, 2.05) is 38.5 Å². The fraction of sp³-hybridized carbons (Fsp3) is 0.233. The van der Waals surface area contributed by atoms with Crippen LogP contribution in [0.5, 0.6) is 0 Å². The van der Waals surface area contributed by atoms with Crippen LogP contribution < -0.4 is 10.6 Å². The number of hydrogen-bond acceptors (Lipinski definition) is 8. The second-order valence-electron chi connectivity index (χ2n) is 10.6. The van der Waals surface area contributed by atoms with E-state index in [4.69, 9.17) is 4.98 Å². The summed E-state index contributed by atoms with van der Waals surface area (Å²) < 4.78 is 14.6. The molecule has 0 unspecified atom stereocenters. The topological polar surface area (TPSA) is 123 Å². The van der Waals surface area contributed by atoms with Crippen LogP contribution in [0.25, 0.3) is 56.0 Å². The summed E-state index contributed by atoms with van der Waals surface area (Å²) in [7, 11) is 4.00. The smallest absolute Gasteiger partial charge is 0.161 e. The second kappa shape index (κ2) is 10.9. The number of aromatic amines is 2. The van der Waals surface area contributed by atoms with Crippen molar-refractivity contribution in [1.29, 1.82) is 0 Å². The van der Waals surface area contributed by atoms with Crippen molar-refractivity contribution in [2.24, 2.45) is 0 Å². The Hall–Kier alpha value is -4.90. The first-order valence-electron chi connectivity index (χ1n) is 13.4. The van der Waals surface area contributed by atoms with Crippen LogP contribution in [0, 0.1) is 5.82 Å². The van der Waals surface area contributed by atoms with E-state index in [1.54, 1.807) is 18.6 Å². The summed E-state index contributed by atoms with van der Waals surface area (Å²) in [5.41, 5.74) is 7.44. The molecule has 0 atom stereocenters. The monoisotopic (exact) mass is 550 g/mol. The molecule has 5 aromatic heterocycles. The van der Waals surface area contributed by atoms with Crippen LogP contribution in [0.3, 0.4) is 0 Å². The third kappa shape index (κ3) is 5.57. The van der Waals surface area contributed by atoms with Crippen LogP contribution in [-0.4, -0.2) is 73.2 Å². The van der Waals surface area contributed by atoms with Gasteiger partial charge in [0.15, 0.2) is 17.1 Å². The van der Waals surface area contributed by atoms with Gasteiger partial charge in [-0.05, 0) is 69.9 Å². The summed E-state index contributed by atoms with van der Waals surface area (Å²) in [6, 6.07) is 11.1. The van der Waals surface area contributed by atoms with Crippen molar-refractivity contribution >= 4 is 33.6 Å². The number of aromatic nitrogens is 7. The number of imidazole rings is 1. The normalized spacial score (nSPS) is 11.7. The number of pyridine rings is 3. The number of likely N-dealkylation sites (N-methyl/N-ethyl adjacent to an activating group) is 1. The fourth-order valence-corrected chi connectivity index (χ4v) is 4.78. The molecule has 6 rings (SSSR count). The van der Waals surface area contributed by atoms with Crippen molar-refractivity contribution in [2.45, 2.75) is 19.9 Å². The Labute approximate surface area is 236 Å². The highest BCUT2D eigenvalue weighted by Crippen LogP contribution is 2.33. The Balaban J connectivity index is 1.37. The number of fused-ring (bicyclic) bond motifs is 2. The van der Waals surface area contributed by atoms with E-state index in [0.717, 1.165) is 34.3 Å². The molecule has 5 heterocycles. The molecule has 0 spiro atoms. The standard InChI is InChI=1S/C30H31FN10/c1-17(2)36-23-11-19(14-32-16-23)20-12-25-27(39-40-28(25)35-15-20)30-37-26-24(5-6-34-29(26)38-30)18-9-21(31)13-22(10-18)33-7-8-41(3)4/h5-6,9-17,33,36H,7-8H2,1-4H3,(H,34,37,38)(H,35,39,40). The highest BCUT2D eigenvalue weighted by molar-refractivity contribution is 5.96. The van der Waals surface area contributed by atoms with Crippen LogP contribution in [-0.2, 0) is 0 Å². The average molecular weight is 551 g/mol. The zero-order chi connectivity index (χ0) is 28.5. The maximum absolute atomic E-state index is 14.6. The molecule has 11 heteroatoms. The molecule has 0 aliphatic carbocycles. The summed E-state index contributed by atoms with van der Waals surface area (Å²) in [4.78, 5) is 23.7. The number of nitrogens with zero attached hydrogens (tertiary/aromatic N) is 6. The molecular weight excluding hydrogens is 519 g/mol. The van der Waals surface area contributed by atoms with Crippen LogP contribution in [0.2, 0.25) is 0 Å². The zero-order valence-electron chi connectivity index (χ0n) is 23.3. The maximum Gasteiger partial charge on any atom is 0.161 e. The third-order valence-corrected chi connectivity index (χ3v) is 6.65. The van der Waals surface area contributed by atoms with Crippen LogP contribution in [0.4, 0.5) is 15.8 Å². The Kier molecular flexibility index (Phi) is 7.02. The lowest BCUT2D eigenvalue weighted by Crippen LogP contribution is -2.20. The van der Waals surface area contributed by atoms with E-state index in [-0.39, 0.29) is 11.9 Å². The largest absolute Gasteiger partial charge is 0.384 e. The van der Waals surface area contributed by atoms with Gasteiger partial charge in [-0.15, -0.1) is 0 Å². The minimum Gasteiger partial charge on any atom is -0.384 e. The Morgan fingerprint density at radius 3 is 2.59 bits per heavy atom. The van der Waals surface area contributed by atoms with E-state index < -0.39 is 0 Å². The first-order chi connectivity index (χ1) is 19.8. The highest BCUT2D eigenvalue weighted by atomic mass is 19.1. The lowest BCUT2D eigenvalue weighted by molar-refractivity contribution is 0.425. The Bertz CT molecular complexity index is 1840. The molecule has 10 nitrogen and oxygen atoms in total. The number of nitrogens with one attached hydrogen (secondary N) is 4. The molecular formula is C30H31FN10. The SMILES string of the molecule is CC(C)Nc1cncc(-c2cnc3[nH]nc(-c4nc5c(-c6cc(F)cc(NCCN(C)C)c6)ccnc5[nH]4)c3c2)c1. The number of rotatable bonds is 9. The summed E-state index contributed by atoms with van der Waals surface area (Å²) in [6.45, 7) is 5.70. The maximum atomic E-state index is 14.6. The van der Waals surface area contributed by atoms with E-state index in [2.05, 4.69) is 65.6 Å². The summed E-state index contributed by atoms with van der Waals surface area (Å²) in [6.07, 6.45) is 7.11. The quantitative estimate of drug-likeness (QED) is 0.185. The third-order valence-electron chi connectivity index (χ3n) is 6.65. The molecule has 0 amide bonds. The van der Waals surface area contributed by atoms with Gasteiger partial charge in [-0.2, -0.15) is 5.10 Å². The van der Waals surface area contributed by atoms with Crippen LogP contribution in [0.15, 0.2) is 61.2 Å². The van der Waals surface area contributed by atoms with Gasteiger partial charge in [0.05, 0.1) is 11.1 Å². The van der Waals surface area contributed by atoms with Gasteiger partial charge < -0.3 is 20.5 Å². The van der Waals surface area contributed by atoms with E-state index in [1.165, 1.54) is 12.1 Å². The average Bonchev–Trinajstić information content (AvgIpc) is 3.56. The van der Waals surface area contributed by atoms with Crippen molar-refractivity contribution in [3.05, 3.63) is 67.0 Å². The number of hydrogen-bond donors (Lipinski definition) is 4. The lowest BCUT2D eigenvalue weighted by Gasteiger charge is -2.12. The number of halogens is 1. The molecule has 0 bridgehead atoms. The van der Waals surface area contributed by atoms with Crippen molar-refractivity contribution in [3.8, 4) is 33.8 Å². The predicted molar refractivity (Wildman–Crippen MR) is 161 cm³/mol. The molecule has 0 aliphatic rings. The molecule has 0 saturated heterocycles. The van der Waals surface area contributed by atoms with Crippen molar-refractivity contribution in [2.75, 3.05) is 37.8 Å². The zero-order valence-corrected chi connectivity index (χ0v) is 23.3. The summed E-state index contributed by atoms with van der Waals surface area (Å²) >= 11 is 0. The first kappa shape index (κ1) is 26.3. The van der Waals surface area contributed by atoms with Gasteiger partial charge in [-0.3, -0.25) is 10.1 Å². The van der Waals surface area contributed by atoms with E-state index in [9.17, 15) is 4.39 Å². The van der Waals surface area contributed by atoms with Crippen LogP contribution >= 0.6 is 0 Å². The second-order valence-corrected chi connectivity index (χ2v) is 10.6. The van der Waals surface area contributed by atoms with Gasteiger partial charge in [-0.1, -0.05) is 0 Å². The number of H-pyrrole nitrogens is 2.